The molecule has 0 aromatic carbocycles. The van der Waals surface area contributed by atoms with Crippen molar-refractivity contribution >= 4 is 29.1 Å². The van der Waals surface area contributed by atoms with Gasteiger partial charge in [-0.1, -0.05) is 43.5 Å². The summed E-state index contributed by atoms with van der Waals surface area (Å²) in [6.45, 7) is 4.71. The SMILES string of the molecule is CCCC1OC(CC)CN1C(=O)C(Cl)Cl. The second kappa shape index (κ2) is 5.92. The number of nitrogens with zero attached hydrogens (tertiary/aromatic N) is 1. The van der Waals surface area contributed by atoms with E-state index in [0.29, 0.717) is 6.54 Å². The molecule has 1 rings (SSSR count). The Morgan fingerprint density at radius 2 is 2.20 bits per heavy atom. The molecule has 1 amide bonds. The highest BCUT2D eigenvalue weighted by Crippen LogP contribution is 2.24. The van der Waals surface area contributed by atoms with E-state index in [1.54, 1.807) is 4.90 Å². The molecular formula is C10H17Cl2NO2. The number of halogens is 2. The molecule has 2 unspecified atom stereocenters. The van der Waals surface area contributed by atoms with Crippen molar-refractivity contribution in [1.29, 1.82) is 0 Å². The van der Waals surface area contributed by atoms with E-state index in [-0.39, 0.29) is 18.2 Å². The first-order valence-corrected chi connectivity index (χ1v) is 6.21. The zero-order valence-corrected chi connectivity index (χ0v) is 10.6. The van der Waals surface area contributed by atoms with Crippen molar-refractivity contribution in [3.8, 4) is 0 Å². The fourth-order valence-electron chi connectivity index (χ4n) is 1.73. The van der Waals surface area contributed by atoms with Crippen molar-refractivity contribution in [3.05, 3.63) is 0 Å². The predicted octanol–water partition coefficient (Wildman–Crippen LogP) is 2.55. The van der Waals surface area contributed by atoms with Crippen LogP contribution in [0.3, 0.4) is 0 Å². The largest absolute Gasteiger partial charge is 0.353 e. The Morgan fingerprint density at radius 1 is 1.53 bits per heavy atom. The van der Waals surface area contributed by atoms with Crippen LogP contribution in [0.5, 0.6) is 0 Å². The first-order chi connectivity index (χ1) is 7.10. The van der Waals surface area contributed by atoms with Crippen LogP contribution in [0, 0.1) is 0 Å². The molecule has 1 heterocycles. The molecule has 15 heavy (non-hydrogen) atoms. The highest BCUT2D eigenvalue weighted by Gasteiger charge is 2.36. The lowest BCUT2D eigenvalue weighted by molar-refractivity contribution is -0.134. The van der Waals surface area contributed by atoms with E-state index in [9.17, 15) is 4.79 Å². The third kappa shape index (κ3) is 3.23. The van der Waals surface area contributed by atoms with Crippen LogP contribution in [0.2, 0.25) is 0 Å². The molecule has 5 heteroatoms. The van der Waals surface area contributed by atoms with Crippen LogP contribution in [0.25, 0.3) is 0 Å². The standard InChI is InChI=1S/C10H17Cl2NO2/c1-3-5-8-13(10(14)9(11)12)6-7(4-2)15-8/h7-9H,3-6H2,1-2H3. The Balaban J connectivity index is 2.63. The molecule has 0 bridgehead atoms. The number of amides is 1. The molecule has 3 nitrogen and oxygen atoms in total. The molecule has 2 atom stereocenters. The molecular weight excluding hydrogens is 237 g/mol. The lowest BCUT2D eigenvalue weighted by Gasteiger charge is -2.22. The summed E-state index contributed by atoms with van der Waals surface area (Å²) in [5.74, 6) is -0.243. The van der Waals surface area contributed by atoms with Gasteiger partial charge in [0.15, 0.2) is 4.84 Å². The molecule has 0 aromatic rings. The van der Waals surface area contributed by atoms with E-state index in [0.717, 1.165) is 19.3 Å². The number of carbonyl (C=O) groups excluding carboxylic acids is 1. The van der Waals surface area contributed by atoms with Crippen LogP contribution >= 0.6 is 23.2 Å². The molecule has 0 aliphatic carbocycles. The number of rotatable bonds is 4. The van der Waals surface area contributed by atoms with Gasteiger partial charge in [0.25, 0.3) is 5.91 Å². The fraction of sp³-hybridized carbons (Fsp3) is 0.900. The first-order valence-electron chi connectivity index (χ1n) is 5.34. The molecule has 1 aliphatic rings. The van der Waals surface area contributed by atoms with Crippen molar-refractivity contribution in [3.63, 3.8) is 0 Å². The third-order valence-electron chi connectivity index (χ3n) is 2.56. The Bertz CT molecular complexity index is 223. The summed E-state index contributed by atoms with van der Waals surface area (Å²) >= 11 is 11.2. The van der Waals surface area contributed by atoms with Gasteiger partial charge in [0.1, 0.15) is 6.23 Å². The third-order valence-corrected chi connectivity index (χ3v) is 2.93. The molecule has 0 radical (unpaired) electrons. The normalized spacial score (nSPS) is 26.3. The van der Waals surface area contributed by atoms with Gasteiger partial charge in [0, 0.05) is 6.54 Å². The Kier molecular flexibility index (Phi) is 5.16. The maximum absolute atomic E-state index is 11.7. The van der Waals surface area contributed by atoms with Crippen LogP contribution < -0.4 is 0 Å². The van der Waals surface area contributed by atoms with Gasteiger partial charge >= 0.3 is 0 Å². The Hall–Kier alpha value is 0.01000. The number of alkyl halides is 2. The highest BCUT2D eigenvalue weighted by molar-refractivity contribution is 6.53. The van der Waals surface area contributed by atoms with E-state index in [2.05, 4.69) is 6.92 Å². The van der Waals surface area contributed by atoms with E-state index in [1.165, 1.54) is 0 Å². The lowest BCUT2D eigenvalue weighted by atomic mass is 10.2. The van der Waals surface area contributed by atoms with Crippen LogP contribution in [0.4, 0.5) is 0 Å². The molecule has 0 saturated carbocycles. The van der Waals surface area contributed by atoms with Gasteiger partial charge in [-0.3, -0.25) is 4.79 Å². The van der Waals surface area contributed by atoms with Gasteiger partial charge in [-0.15, -0.1) is 0 Å². The molecule has 1 aliphatic heterocycles. The molecule has 1 saturated heterocycles. The van der Waals surface area contributed by atoms with Crippen LogP contribution in [-0.2, 0) is 9.53 Å². The number of carbonyl (C=O) groups is 1. The van der Waals surface area contributed by atoms with Gasteiger partial charge in [-0.05, 0) is 12.8 Å². The maximum atomic E-state index is 11.7. The average molecular weight is 254 g/mol. The quantitative estimate of drug-likeness (QED) is 0.721. The number of hydrogen-bond donors (Lipinski definition) is 0. The van der Waals surface area contributed by atoms with Gasteiger partial charge in [0.2, 0.25) is 0 Å². The topological polar surface area (TPSA) is 29.5 Å². The van der Waals surface area contributed by atoms with Crippen LogP contribution in [0.1, 0.15) is 33.1 Å². The van der Waals surface area contributed by atoms with Gasteiger partial charge < -0.3 is 9.64 Å². The van der Waals surface area contributed by atoms with Gasteiger partial charge in [-0.25, -0.2) is 0 Å². The van der Waals surface area contributed by atoms with Gasteiger partial charge in [0.05, 0.1) is 6.10 Å². The molecule has 0 N–H and O–H groups in total. The van der Waals surface area contributed by atoms with E-state index in [1.807, 2.05) is 6.92 Å². The van der Waals surface area contributed by atoms with Crippen LogP contribution in [-0.4, -0.2) is 34.5 Å². The lowest BCUT2D eigenvalue weighted by Crippen LogP contribution is -2.39. The minimum atomic E-state index is -0.983. The van der Waals surface area contributed by atoms with E-state index >= 15 is 0 Å². The molecule has 88 valence electrons. The summed E-state index contributed by atoms with van der Waals surface area (Å²) in [7, 11) is 0. The zero-order chi connectivity index (χ0) is 11.4. The molecule has 1 fully saturated rings. The second-order valence-corrected chi connectivity index (χ2v) is 4.80. The fourth-order valence-corrected chi connectivity index (χ4v) is 1.98. The molecule has 0 spiro atoms. The average Bonchev–Trinajstić information content (AvgIpc) is 2.60. The van der Waals surface area contributed by atoms with E-state index < -0.39 is 4.84 Å². The van der Waals surface area contributed by atoms with Crippen molar-refractivity contribution in [2.75, 3.05) is 6.54 Å². The number of ether oxygens (including phenoxy) is 1. The number of hydrogen-bond acceptors (Lipinski definition) is 2. The van der Waals surface area contributed by atoms with Crippen molar-refractivity contribution in [1.82, 2.24) is 4.90 Å². The first kappa shape index (κ1) is 13.1. The summed E-state index contributed by atoms with van der Waals surface area (Å²) in [5, 5.41) is 0. The Labute approximate surface area is 101 Å². The minimum absolute atomic E-state index is 0.123. The zero-order valence-electron chi connectivity index (χ0n) is 9.08. The second-order valence-electron chi connectivity index (χ2n) is 3.70. The predicted molar refractivity (Wildman–Crippen MR) is 61.1 cm³/mol. The maximum Gasteiger partial charge on any atom is 0.257 e. The van der Waals surface area contributed by atoms with Crippen molar-refractivity contribution < 1.29 is 9.53 Å². The van der Waals surface area contributed by atoms with Crippen molar-refractivity contribution in [2.24, 2.45) is 0 Å². The van der Waals surface area contributed by atoms with Crippen LogP contribution in [0.15, 0.2) is 0 Å². The monoisotopic (exact) mass is 253 g/mol. The summed E-state index contributed by atoms with van der Waals surface area (Å²) in [6, 6.07) is 0. The molecule has 0 aromatic heterocycles. The summed E-state index contributed by atoms with van der Waals surface area (Å²) in [6.07, 6.45) is 2.69. The highest BCUT2D eigenvalue weighted by atomic mass is 35.5. The Morgan fingerprint density at radius 3 is 2.67 bits per heavy atom. The van der Waals surface area contributed by atoms with Crippen molar-refractivity contribution in [2.45, 2.75) is 50.3 Å². The minimum Gasteiger partial charge on any atom is -0.353 e. The summed E-state index contributed by atoms with van der Waals surface area (Å²) < 4.78 is 5.72. The van der Waals surface area contributed by atoms with Gasteiger partial charge in [-0.2, -0.15) is 0 Å². The smallest absolute Gasteiger partial charge is 0.257 e. The van der Waals surface area contributed by atoms with E-state index in [4.69, 9.17) is 27.9 Å². The summed E-state index contributed by atoms with van der Waals surface area (Å²) in [5.41, 5.74) is 0. The summed E-state index contributed by atoms with van der Waals surface area (Å²) in [4.78, 5) is 12.3.